The highest BCUT2D eigenvalue weighted by molar-refractivity contribution is 5.82. The molecule has 1 N–H and O–H groups in total. The van der Waals surface area contributed by atoms with Crippen LogP contribution >= 0.6 is 0 Å². The first-order valence-electron chi connectivity index (χ1n) is 8.66. The van der Waals surface area contributed by atoms with Gasteiger partial charge in [0, 0.05) is 6.54 Å². The van der Waals surface area contributed by atoms with Crippen LogP contribution in [0.2, 0.25) is 0 Å². The summed E-state index contributed by atoms with van der Waals surface area (Å²) in [6.07, 6.45) is 3.92. The number of hydrogen-bond acceptors (Lipinski definition) is 4. The summed E-state index contributed by atoms with van der Waals surface area (Å²) in [7, 11) is 0. The van der Waals surface area contributed by atoms with Gasteiger partial charge in [0.05, 0.1) is 0 Å². The largest absolute Gasteiger partial charge is 0.482 e. The molecule has 5 heteroatoms. The van der Waals surface area contributed by atoms with E-state index in [0.29, 0.717) is 18.0 Å². The van der Waals surface area contributed by atoms with Crippen molar-refractivity contribution in [2.75, 3.05) is 26.2 Å². The second-order valence-electron chi connectivity index (χ2n) is 6.36. The molecule has 0 aromatic heterocycles. The average Bonchev–Trinajstić information content (AvgIpc) is 3.07. The van der Waals surface area contributed by atoms with Crippen LogP contribution in [0.4, 0.5) is 0 Å². The molecule has 126 valence electrons. The van der Waals surface area contributed by atoms with Gasteiger partial charge in [-0.2, -0.15) is 0 Å². The molecule has 0 bridgehead atoms. The standard InChI is InChI=1S/C18H26N2O3/c1-14-17(23-16-9-3-2-8-15(16)22-14)18(21)19-10-4-5-11-20-12-6-7-13-20/h2-3,8-9,14,17H,4-7,10-13H2,1H3,(H,19,21). The summed E-state index contributed by atoms with van der Waals surface area (Å²) < 4.78 is 11.6. The summed E-state index contributed by atoms with van der Waals surface area (Å²) >= 11 is 0. The van der Waals surface area contributed by atoms with E-state index in [9.17, 15) is 4.79 Å². The van der Waals surface area contributed by atoms with Crippen LogP contribution in [-0.2, 0) is 4.79 Å². The molecule has 0 saturated carbocycles. The van der Waals surface area contributed by atoms with E-state index in [4.69, 9.17) is 9.47 Å². The normalized spacial score (nSPS) is 23.7. The number of ether oxygens (including phenoxy) is 2. The Labute approximate surface area is 137 Å². The molecule has 2 aliphatic rings. The summed E-state index contributed by atoms with van der Waals surface area (Å²) in [5.41, 5.74) is 0. The highest BCUT2D eigenvalue weighted by Crippen LogP contribution is 2.33. The fourth-order valence-electron chi connectivity index (χ4n) is 3.19. The van der Waals surface area contributed by atoms with Crippen LogP contribution in [0.5, 0.6) is 11.5 Å². The molecule has 1 amide bonds. The zero-order valence-electron chi connectivity index (χ0n) is 13.8. The first-order valence-corrected chi connectivity index (χ1v) is 8.66. The topological polar surface area (TPSA) is 50.8 Å². The second kappa shape index (κ2) is 7.68. The summed E-state index contributed by atoms with van der Waals surface area (Å²) in [6.45, 7) is 6.17. The van der Waals surface area contributed by atoms with Crippen molar-refractivity contribution in [3.63, 3.8) is 0 Å². The van der Waals surface area contributed by atoms with Crippen molar-refractivity contribution in [2.45, 2.75) is 44.8 Å². The van der Waals surface area contributed by atoms with Crippen LogP contribution in [0.25, 0.3) is 0 Å². The van der Waals surface area contributed by atoms with Gasteiger partial charge in [-0.15, -0.1) is 0 Å². The number of nitrogens with zero attached hydrogens (tertiary/aromatic N) is 1. The number of rotatable bonds is 6. The first-order chi connectivity index (χ1) is 11.2. The molecule has 2 heterocycles. The third-order valence-electron chi connectivity index (χ3n) is 4.50. The van der Waals surface area contributed by atoms with E-state index in [1.807, 2.05) is 31.2 Å². The number of fused-ring (bicyclic) bond motifs is 1. The van der Waals surface area contributed by atoms with Gasteiger partial charge in [0.15, 0.2) is 11.5 Å². The minimum absolute atomic E-state index is 0.0897. The quantitative estimate of drug-likeness (QED) is 0.817. The molecule has 3 rings (SSSR count). The molecule has 23 heavy (non-hydrogen) atoms. The molecule has 2 unspecified atom stereocenters. The van der Waals surface area contributed by atoms with E-state index < -0.39 is 6.10 Å². The van der Waals surface area contributed by atoms with E-state index in [-0.39, 0.29) is 12.0 Å². The third kappa shape index (κ3) is 4.16. The SMILES string of the molecule is CC1Oc2ccccc2OC1C(=O)NCCCCN1CCCC1. The molecule has 0 radical (unpaired) electrons. The van der Waals surface area contributed by atoms with Crippen molar-refractivity contribution < 1.29 is 14.3 Å². The van der Waals surface area contributed by atoms with Gasteiger partial charge in [-0.3, -0.25) is 4.79 Å². The van der Waals surface area contributed by atoms with E-state index >= 15 is 0 Å². The van der Waals surface area contributed by atoms with Crippen molar-refractivity contribution in [3.8, 4) is 11.5 Å². The number of benzene rings is 1. The van der Waals surface area contributed by atoms with Gasteiger partial charge in [0.1, 0.15) is 6.10 Å². The number of likely N-dealkylation sites (tertiary alicyclic amines) is 1. The number of hydrogen-bond donors (Lipinski definition) is 1. The van der Waals surface area contributed by atoms with Crippen molar-refractivity contribution >= 4 is 5.91 Å². The fraction of sp³-hybridized carbons (Fsp3) is 0.611. The lowest BCUT2D eigenvalue weighted by atomic mass is 10.1. The smallest absolute Gasteiger partial charge is 0.265 e. The molecular formula is C18H26N2O3. The zero-order valence-corrected chi connectivity index (χ0v) is 13.8. The van der Waals surface area contributed by atoms with Gasteiger partial charge in [-0.25, -0.2) is 0 Å². The minimum atomic E-state index is -0.580. The third-order valence-corrected chi connectivity index (χ3v) is 4.50. The molecule has 1 fully saturated rings. The lowest BCUT2D eigenvalue weighted by Crippen LogP contribution is -2.49. The molecule has 0 spiro atoms. The van der Waals surface area contributed by atoms with Crippen molar-refractivity contribution in [1.29, 1.82) is 0 Å². The highest BCUT2D eigenvalue weighted by atomic mass is 16.6. The Morgan fingerprint density at radius 1 is 1.17 bits per heavy atom. The Bertz CT molecular complexity index is 529. The van der Waals surface area contributed by atoms with Crippen molar-refractivity contribution in [3.05, 3.63) is 24.3 Å². The van der Waals surface area contributed by atoms with Gasteiger partial charge in [-0.1, -0.05) is 12.1 Å². The van der Waals surface area contributed by atoms with E-state index in [2.05, 4.69) is 10.2 Å². The lowest BCUT2D eigenvalue weighted by molar-refractivity contribution is -0.133. The molecule has 0 aliphatic carbocycles. The molecule has 1 aromatic rings. The van der Waals surface area contributed by atoms with E-state index in [1.165, 1.54) is 25.9 Å². The number of para-hydroxylation sites is 2. The van der Waals surface area contributed by atoms with Crippen LogP contribution in [0, 0.1) is 0 Å². The maximum Gasteiger partial charge on any atom is 0.265 e. The highest BCUT2D eigenvalue weighted by Gasteiger charge is 2.33. The molecule has 1 aromatic carbocycles. The Morgan fingerprint density at radius 2 is 1.87 bits per heavy atom. The molecule has 2 atom stereocenters. The number of amides is 1. The Balaban J connectivity index is 1.40. The van der Waals surface area contributed by atoms with Crippen molar-refractivity contribution in [1.82, 2.24) is 10.2 Å². The maximum atomic E-state index is 12.3. The Morgan fingerprint density at radius 3 is 2.61 bits per heavy atom. The Hall–Kier alpha value is -1.75. The predicted molar refractivity (Wildman–Crippen MR) is 88.9 cm³/mol. The Kier molecular flexibility index (Phi) is 5.39. The van der Waals surface area contributed by atoms with Gasteiger partial charge >= 0.3 is 0 Å². The summed E-state index contributed by atoms with van der Waals surface area (Å²) in [5.74, 6) is 1.25. The number of nitrogens with one attached hydrogen (secondary N) is 1. The fourth-order valence-corrected chi connectivity index (χ4v) is 3.19. The first kappa shape index (κ1) is 16.1. The van der Waals surface area contributed by atoms with Crippen molar-refractivity contribution in [2.24, 2.45) is 0 Å². The second-order valence-corrected chi connectivity index (χ2v) is 6.36. The van der Waals surface area contributed by atoms with Crippen LogP contribution in [0.1, 0.15) is 32.6 Å². The number of carbonyl (C=O) groups is 1. The van der Waals surface area contributed by atoms with E-state index in [1.54, 1.807) is 0 Å². The van der Waals surface area contributed by atoms with Gasteiger partial charge in [-0.05, 0) is 64.4 Å². The number of carbonyl (C=O) groups excluding carboxylic acids is 1. The molecule has 1 saturated heterocycles. The number of unbranched alkanes of at least 4 members (excludes halogenated alkanes) is 1. The molecule has 2 aliphatic heterocycles. The summed E-state index contributed by atoms with van der Waals surface area (Å²) in [5, 5.41) is 2.98. The van der Waals surface area contributed by atoms with Crippen LogP contribution in [0.15, 0.2) is 24.3 Å². The monoisotopic (exact) mass is 318 g/mol. The lowest BCUT2D eigenvalue weighted by Gasteiger charge is -2.31. The van der Waals surface area contributed by atoms with E-state index in [0.717, 1.165) is 19.4 Å². The molecule has 5 nitrogen and oxygen atoms in total. The summed E-state index contributed by atoms with van der Waals surface area (Å²) in [4.78, 5) is 14.8. The van der Waals surface area contributed by atoms with Gasteiger partial charge < -0.3 is 19.7 Å². The summed E-state index contributed by atoms with van der Waals surface area (Å²) in [6, 6.07) is 7.47. The maximum absolute atomic E-state index is 12.3. The predicted octanol–water partition coefficient (Wildman–Crippen LogP) is 2.21. The zero-order chi connectivity index (χ0) is 16.1. The van der Waals surface area contributed by atoms with Gasteiger partial charge in [0.2, 0.25) is 6.10 Å². The van der Waals surface area contributed by atoms with Crippen LogP contribution < -0.4 is 14.8 Å². The van der Waals surface area contributed by atoms with Gasteiger partial charge in [0.25, 0.3) is 5.91 Å². The van der Waals surface area contributed by atoms with Crippen LogP contribution in [0.3, 0.4) is 0 Å². The average molecular weight is 318 g/mol. The van der Waals surface area contributed by atoms with Crippen LogP contribution in [-0.4, -0.2) is 49.2 Å². The minimum Gasteiger partial charge on any atom is -0.482 e. The molecular weight excluding hydrogens is 292 g/mol.